The largest absolute Gasteiger partial charge is 0.489 e. The molecule has 28 heavy (non-hydrogen) atoms. The minimum absolute atomic E-state index is 0.320. The molecule has 3 N–H and O–H groups in total. The fourth-order valence-corrected chi connectivity index (χ4v) is 3.18. The number of ether oxygens (including phenoxy) is 1. The summed E-state index contributed by atoms with van der Waals surface area (Å²) in [6.07, 6.45) is -0.320. The Kier molecular flexibility index (Phi) is 7.43. The summed E-state index contributed by atoms with van der Waals surface area (Å²) in [5, 5.41) is 18.5. The van der Waals surface area contributed by atoms with Crippen LogP contribution in [-0.4, -0.2) is 30.8 Å². The summed E-state index contributed by atoms with van der Waals surface area (Å²) in [5.74, 6) is 0.920. The standard InChI is InChI=1S/C24H30N2O2/c1-18-7-9-20(10-8-18)17-28-24-12-11-21-5-3-4-6-22(21)23(24)16-26-14-13-25-15-19(2)27/h3-12,19,25-27H,13-17H2,1-2H3. The summed E-state index contributed by atoms with van der Waals surface area (Å²) in [7, 11) is 0. The lowest BCUT2D eigenvalue weighted by atomic mass is 10.0. The Morgan fingerprint density at radius 1 is 0.929 bits per heavy atom. The van der Waals surface area contributed by atoms with Crippen molar-refractivity contribution < 1.29 is 9.84 Å². The van der Waals surface area contributed by atoms with Gasteiger partial charge < -0.3 is 20.5 Å². The molecule has 0 fully saturated rings. The van der Waals surface area contributed by atoms with Gasteiger partial charge in [0.25, 0.3) is 0 Å². The van der Waals surface area contributed by atoms with E-state index in [4.69, 9.17) is 4.74 Å². The first-order valence-corrected chi connectivity index (χ1v) is 9.92. The first-order valence-electron chi connectivity index (χ1n) is 9.92. The van der Waals surface area contributed by atoms with Gasteiger partial charge in [-0.05, 0) is 36.2 Å². The number of rotatable bonds is 10. The minimum Gasteiger partial charge on any atom is -0.489 e. The van der Waals surface area contributed by atoms with Gasteiger partial charge in [-0.3, -0.25) is 0 Å². The van der Waals surface area contributed by atoms with E-state index >= 15 is 0 Å². The van der Waals surface area contributed by atoms with Gasteiger partial charge in [0.15, 0.2) is 0 Å². The van der Waals surface area contributed by atoms with Crippen LogP contribution in [0.3, 0.4) is 0 Å². The van der Waals surface area contributed by atoms with E-state index in [1.807, 2.05) is 0 Å². The molecule has 0 saturated heterocycles. The maximum Gasteiger partial charge on any atom is 0.124 e. The van der Waals surface area contributed by atoms with Crippen LogP contribution < -0.4 is 15.4 Å². The average Bonchev–Trinajstić information content (AvgIpc) is 2.70. The lowest BCUT2D eigenvalue weighted by Gasteiger charge is -2.16. The first kappa shape index (κ1) is 20.3. The molecule has 0 spiro atoms. The zero-order valence-electron chi connectivity index (χ0n) is 16.7. The highest BCUT2D eigenvalue weighted by atomic mass is 16.5. The second-order valence-electron chi connectivity index (χ2n) is 7.27. The van der Waals surface area contributed by atoms with Gasteiger partial charge >= 0.3 is 0 Å². The van der Waals surface area contributed by atoms with Crippen molar-refractivity contribution in [3.63, 3.8) is 0 Å². The number of nitrogens with one attached hydrogen (secondary N) is 2. The number of hydrogen-bond acceptors (Lipinski definition) is 4. The van der Waals surface area contributed by atoms with Crippen LogP contribution in [0, 0.1) is 6.92 Å². The molecule has 0 aliphatic carbocycles. The van der Waals surface area contributed by atoms with E-state index < -0.39 is 0 Å². The van der Waals surface area contributed by atoms with Gasteiger partial charge in [-0.1, -0.05) is 60.2 Å². The lowest BCUT2D eigenvalue weighted by molar-refractivity contribution is 0.191. The van der Waals surface area contributed by atoms with Crippen molar-refractivity contribution in [2.75, 3.05) is 19.6 Å². The summed E-state index contributed by atoms with van der Waals surface area (Å²) in [6.45, 7) is 7.42. The van der Waals surface area contributed by atoms with Crippen molar-refractivity contribution in [3.05, 3.63) is 77.4 Å². The third-order valence-electron chi connectivity index (χ3n) is 4.73. The van der Waals surface area contributed by atoms with Gasteiger partial charge in [-0.25, -0.2) is 0 Å². The van der Waals surface area contributed by atoms with Gasteiger partial charge in [-0.15, -0.1) is 0 Å². The minimum atomic E-state index is -0.320. The van der Waals surface area contributed by atoms with E-state index in [0.717, 1.165) is 25.4 Å². The van der Waals surface area contributed by atoms with Crippen LogP contribution in [0.15, 0.2) is 60.7 Å². The van der Waals surface area contributed by atoms with Gasteiger partial charge in [0.1, 0.15) is 12.4 Å². The molecule has 3 aromatic carbocycles. The van der Waals surface area contributed by atoms with Crippen LogP contribution in [0.25, 0.3) is 10.8 Å². The van der Waals surface area contributed by atoms with E-state index in [-0.39, 0.29) is 6.10 Å². The number of benzene rings is 3. The predicted octanol–water partition coefficient (Wildman–Crippen LogP) is 3.79. The molecule has 0 aliphatic heterocycles. The zero-order valence-corrected chi connectivity index (χ0v) is 16.7. The third-order valence-corrected chi connectivity index (χ3v) is 4.73. The number of aryl methyl sites for hydroxylation is 1. The van der Waals surface area contributed by atoms with Crippen molar-refractivity contribution in [3.8, 4) is 5.75 Å². The molecule has 1 unspecified atom stereocenters. The SMILES string of the molecule is Cc1ccc(COc2ccc3ccccc3c2CNCCNCC(C)O)cc1. The fourth-order valence-electron chi connectivity index (χ4n) is 3.18. The van der Waals surface area contributed by atoms with E-state index in [1.54, 1.807) is 6.92 Å². The Bertz CT molecular complexity index is 875. The Balaban J connectivity index is 1.68. The molecule has 3 rings (SSSR count). The van der Waals surface area contributed by atoms with E-state index in [0.29, 0.717) is 13.2 Å². The van der Waals surface area contributed by atoms with Crippen LogP contribution in [0.1, 0.15) is 23.6 Å². The smallest absolute Gasteiger partial charge is 0.124 e. The molecular weight excluding hydrogens is 348 g/mol. The van der Waals surface area contributed by atoms with Crippen molar-refractivity contribution in [1.29, 1.82) is 0 Å². The first-order chi connectivity index (χ1) is 13.6. The highest BCUT2D eigenvalue weighted by Crippen LogP contribution is 2.28. The number of fused-ring (bicyclic) bond motifs is 1. The molecule has 0 amide bonds. The normalized spacial score (nSPS) is 12.2. The molecule has 4 nitrogen and oxygen atoms in total. The fraction of sp³-hybridized carbons (Fsp3) is 0.333. The Morgan fingerprint density at radius 3 is 2.46 bits per heavy atom. The predicted molar refractivity (Wildman–Crippen MR) is 116 cm³/mol. The Labute approximate surface area is 167 Å². The maximum atomic E-state index is 9.31. The molecule has 4 heteroatoms. The number of aliphatic hydroxyl groups is 1. The molecule has 148 valence electrons. The van der Waals surface area contributed by atoms with Gasteiger partial charge in [0.2, 0.25) is 0 Å². The van der Waals surface area contributed by atoms with Crippen molar-refractivity contribution >= 4 is 10.8 Å². The average molecular weight is 379 g/mol. The van der Waals surface area contributed by atoms with E-state index in [1.165, 1.54) is 27.5 Å². The molecule has 0 aliphatic rings. The molecule has 0 aromatic heterocycles. The Hall–Kier alpha value is -2.40. The van der Waals surface area contributed by atoms with Crippen molar-refractivity contribution in [1.82, 2.24) is 10.6 Å². The van der Waals surface area contributed by atoms with Crippen LogP contribution >= 0.6 is 0 Å². The highest BCUT2D eigenvalue weighted by Gasteiger charge is 2.09. The molecule has 0 bridgehead atoms. The topological polar surface area (TPSA) is 53.5 Å². The molecule has 0 radical (unpaired) electrons. The van der Waals surface area contributed by atoms with Gasteiger partial charge in [0.05, 0.1) is 6.10 Å². The summed E-state index contributed by atoms with van der Waals surface area (Å²) >= 11 is 0. The number of aliphatic hydroxyl groups excluding tert-OH is 1. The molecule has 0 heterocycles. The molecule has 3 aromatic rings. The second-order valence-corrected chi connectivity index (χ2v) is 7.27. The summed E-state index contributed by atoms with van der Waals surface area (Å²) < 4.78 is 6.19. The lowest BCUT2D eigenvalue weighted by Crippen LogP contribution is -2.31. The van der Waals surface area contributed by atoms with E-state index in [9.17, 15) is 5.11 Å². The zero-order chi connectivity index (χ0) is 19.8. The maximum absolute atomic E-state index is 9.31. The van der Waals surface area contributed by atoms with Gasteiger partial charge in [0, 0.05) is 31.7 Å². The monoisotopic (exact) mass is 378 g/mol. The van der Waals surface area contributed by atoms with Crippen LogP contribution in [0.5, 0.6) is 5.75 Å². The summed E-state index contributed by atoms with van der Waals surface area (Å²) in [4.78, 5) is 0. The number of hydrogen-bond donors (Lipinski definition) is 3. The molecule has 0 saturated carbocycles. The van der Waals surface area contributed by atoms with Crippen LogP contribution in [0.2, 0.25) is 0 Å². The van der Waals surface area contributed by atoms with Crippen molar-refractivity contribution in [2.24, 2.45) is 0 Å². The van der Waals surface area contributed by atoms with Gasteiger partial charge in [-0.2, -0.15) is 0 Å². The van der Waals surface area contributed by atoms with Crippen LogP contribution in [0.4, 0.5) is 0 Å². The molecule has 1 atom stereocenters. The summed E-state index contributed by atoms with van der Waals surface area (Å²) in [5.41, 5.74) is 3.60. The molecular formula is C24H30N2O2. The third kappa shape index (κ3) is 5.80. The quantitative estimate of drug-likeness (QED) is 0.470. The summed E-state index contributed by atoms with van der Waals surface area (Å²) in [6, 6.07) is 21.1. The van der Waals surface area contributed by atoms with Crippen LogP contribution in [-0.2, 0) is 13.2 Å². The van der Waals surface area contributed by atoms with Crippen molar-refractivity contribution in [2.45, 2.75) is 33.1 Å². The Morgan fingerprint density at radius 2 is 1.68 bits per heavy atom. The van der Waals surface area contributed by atoms with E-state index in [2.05, 4.69) is 78.2 Å². The second kappa shape index (κ2) is 10.2. The highest BCUT2D eigenvalue weighted by molar-refractivity contribution is 5.87.